The van der Waals surface area contributed by atoms with Crippen LogP contribution in [0.15, 0.2) is 47.0 Å². The van der Waals surface area contributed by atoms with Crippen LogP contribution in [0.2, 0.25) is 0 Å². The predicted molar refractivity (Wildman–Crippen MR) is 106 cm³/mol. The average molecular weight is 360 g/mol. The van der Waals surface area contributed by atoms with Crippen molar-refractivity contribution < 1.29 is 9.32 Å². The van der Waals surface area contributed by atoms with Crippen molar-refractivity contribution in [3.05, 3.63) is 59.2 Å². The lowest BCUT2D eigenvalue weighted by Crippen LogP contribution is -2.31. The summed E-state index contributed by atoms with van der Waals surface area (Å²) in [6.45, 7) is 6.40. The van der Waals surface area contributed by atoms with Crippen molar-refractivity contribution in [1.82, 2.24) is 10.1 Å². The first kappa shape index (κ1) is 17.7. The fourth-order valence-corrected chi connectivity index (χ4v) is 4.02. The molecule has 1 aliphatic rings. The molecule has 2 aromatic carbocycles. The Hall–Kier alpha value is -2.75. The van der Waals surface area contributed by atoms with Crippen molar-refractivity contribution in [2.24, 2.45) is 5.41 Å². The molecule has 1 aromatic heterocycles. The van der Waals surface area contributed by atoms with Crippen molar-refractivity contribution >= 4 is 5.78 Å². The molecule has 4 rings (SSSR count). The maximum absolute atomic E-state index is 12.8. The summed E-state index contributed by atoms with van der Waals surface area (Å²) in [5.41, 5.74) is 4.92. The Morgan fingerprint density at radius 2 is 1.85 bits per heavy atom. The molecular formula is C23H24N2O2. The van der Waals surface area contributed by atoms with Crippen LogP contribution in [0.25, 0.3) is 22.8 Å². The largest absolute Gasteiger partial charge is 0.334 e. The Morgan fingerprint density at radius 1 is 1.04 bits per heavy atom. The molecule has 27 heavy (non-hydrogen) atoms. The molecule has 0 unspecified atom stereocenters. The van der Waals surface area contributed by atoms with Crippen LogP contribution in [-0.4, -0.2) is 15.9 Å². The van der Waals surface area contributed by atoms with Gasteiger partial charge in [-0.25, -0.2) is 0 Å². The predicted octanol–water partition coefficient (Wildman–Crippen LogP) is 5.65. The van der Waals surface area contributed by atoms with Gasteiger partial charge in [0.15, 0.2) is 5.78 Å². The Labute approximate surface area is 159 Å². The molecule has 138 valence electrons. The lowest BCUT2D eigenvalue weighted by molar-refractivity contribution is 0.0872. The molecule has 0 amide bonds. The first-order chi connectivity index (χ1) is 13.0. The number of fused-ring (bicyclic) bond motifs is 1. The van der Waals surface area contributed by atoms with Crippen molar-refractivity contribution in [2.75, 3.05) is 0 Å². The van der Waals surface area contributed by atoms with Gasteiger partial charge in [-0.15, -0.1) is 0 Å². The maximum Gasteiger partial charge on any atom is 0.258 e. The molecule has 0 saturated carbocycles. The van der Waals surface area contributed by atoms with Gasteiger partial charge in [0.05, 0.1) is 0 Å². The van der Waals surface area contributed by atoms with Gasteiger partial charge in [-0.2, -0.15) is 4.98 Å². The van der Waals surface area contributed by atoms with Crippen LogP contribution >= 0.6 is 0 Å². The molecule has 0 spiro atoms. The van der Waals surface area contributed by atoms with E-state index < -0.39 is 0 Å². The zero-order valence-corrected chi connectivity index (χ0v) is 16.1. The molecule has 3 aromatic rings. The van der Waals surface area contributed by atoms with Crippen LogP contribution in [0.5, 0.6) is 0 Å². The van der Waals surface area contributed by atoms with Crippen molar-refractivity contribution in [3.8, 4) is 22.8 Å². The number of aromatic nitrogens is 2. The van der Waals surface area contributed by atoms with Crippen LogP contribution in [0.3, 0.4) is 0 Å². The van der Waals surface area contributed by atoms with Gasteiger partial charge in [0, 0.05) is 23.1 Å². The summed E-state index contributed by atoms with van der Waals surface area (Å²) in [5, 5.41) is 4.11. The zero-order valence-electron chi connectivity index (χ0n) is 16.1. The molecule has 1 heterocycles. The second-order valence-electron chi connectivity index (χ2n) is 7.65. The molecule has 1 aliphatic carbocycles. The van der Waals surface area contributed by atoms with E-state index >= 15 is 0 Å². The van der Waals surface area contributed by atoms with E-state index in [1.54, 1.807) is 0 Å². The van der Waals surface area contributed by atoms with Crippen molar-refractivity contribution in [2.45, 2.75) is 46.5 Å². The number of aryl methyl sites for hydroxylation is 1. The number of carbonyl (C=O) groups excluding carboxylic acids is 1. The van der Waals surface area contributed by atoms with Gasteiger partial charge in [0.25, 0.3) is 5.89 Å². The standard InChI is InChI=1S/C23H24N2O2/c1-4-23(5-2)13-18-10-9-17(12-19(18)20(26)14-23)22-24-21(25-27-22)16-8-6-7-15(3)11-16/h6-12H,4-5,13-14H2,1-3H3. The van der Waals surface area contributed by atoms with Crippen LogP contribution in [-0.2, 0) is 6.42 Å². The highest BCUT2D eigenvalue weighted by Crippen LogP contribution is 2.41. The molecule has 4 nitrogen and oxygen atoms in total. The van der Waals surface area contributed by atoms with Gasteiger partial charge < -0.3 is 4.52 Å². The Kier molecular flexibility index (Phi) is 4.42. The monoisotopic (exact) mass is 360 g/mol. The van der Waals surface area contributed by atoms with E-state index in [0.29, 0.717) is 18.1 Å². The molecule has 0 atom stereocenters. The second kappa shape index (κ2) is 6.76. The van der Waals surface area contributed by atoms with Crippen molar-refractivity contribution in [1.29, 1.82) is 0 Å². The highest BCUT2D eigenvalue weighted by molar-refractivity contribution is 6.00. The summed E-state index contributed by atoms with van der Waals surface area (Å²) in [6, 6.07) is 14.0. The van der Waals surface area contributed by atoms with E-state index in [9.17, 15) is 4.79 Å². The number of hydrogen-bond acceptors (Lipinski definition) is 4. The third-order valence-corrected chi connectivity index (χ3v) is 5.96. The van der Waals surface area contributed by atoms with E-state index in [-0.39, 0.29) is 11.2 Å². The number of Topliss-reactive ketones (excluding diaryl/α,β-unsaturated/α-hetero) is 1. The van der Waals surface area contributed by atoms with Crippen molar-refractivity contribution in [3.63, 3.8) is 0 Å². The highest BCUT2D eigenvalue weighted by Gasteiger charge is 2.36. The summed E-state index contributed by atoms with van der Waals surface area (Å²) in [6.07, 6.45) is 3.63. The van der Waals surface area contributed by atoms with E-state index in [0.717, 1.165) is 47.1 Å². The third-order valence-electron chi connectivity index (χ3n) is 5.96. The summed E-state index contributed by atoms with van der Waals surface area (Å²) < 4.78 is 5.48. The number of ketones is 1. The van der Waals surface area contributed by atoms with Crippen LogP contribution < -0.4 is 0 Å². The maximum atomic E-state index is 12.8. The van der Waals surface area contributed by atoms with Gasteiger partial charge >= 0.3 is 0 Å². The minimum absolute atomic E-state index is 0.106. The lowest BCUT2D eigenvalue weighted by Gasteiger charge is -2.36. The smallest absolute Gasteiger partial charge is 0.258 e. The number of rotatable bonds is 4. The van der Waals surface area contributed by atoms with E-state index in [2.05, 4.69) is 30.1 Å². The third kappa shape index (κ3) is 3.20. The quantitative estimate of drug-likeness (QED) is 0.603. The molecule has 0 aliphatic heterocycles. The molecule has 4 heteroatoms. The first-order valence-corrected chi connectivity index (χ1v) is 9.61. The van der Waals surface area contributed by atoms with Crippen LogP contribution in [0.1, 0.15) is 54.6 Å². The highest BCUT2D eigenvalue weighted by atomic mass is 16.5. The fourth-order valence-electron chi connectivity index (χ4n) is 4.02. The van der Waals surface area contributed by atoms with E-state index in [4.69, 9.17) is 4.52 Å². The number of benzene rings is 2. The lowest BCUT2D eigenvalue weighted by atomic mass is 9.68. The number of carbonyl (C=O) groups is 1. The van der Waals surface area contributed by atoms with Crippen LogP contribution in [0.4, 0.5) is 0 Å². The van der Waals surface area contributed by atoms with Gasteiger partial charge in [0.1, 0.15) is 0 Å². The molecular weight excluding hydrogens is 336 g/mol. The molecule has 0 fully saturated rings. The van der Waals surface area contributed by atoms with Gasteiger partial charge in [-0.1, -0.05) is 48.8 Å². The topological polar surface area (TPSA) is 56.0 Å². The number of hydrogen-bond donors (Lipinski definition) is 0. The Balaban J connectivity index is 1.68. The minimum Gasteiger partial charge on any atom is -0.334 e. The minimum atomic E-state index is 0.106. The molecule has 0 N–H and O–H groups in total. The van der Waals surface area contributed by atoms with Crippen LogP contribution in [0, 0.1) is 12.3 Å². The summed E-state index contributed by atoms with van der Waals surface area (Å²) in [7, 11) is 0. The summed E-state index contributed by atoms with van der Waals surface area (Å²) in [5.74, 6) is 1.24. The summed E-state index contributed by atoms with van der Waals surface area (Å²) >= 11 is 0. The summed E-state index contributed by atoms with van der Waals surface area (Å²) in [4.78, 5) is 17.3. The average Bonchev–Trinajstić information content (AvgIpc) is 3.18. The Morgan fingerprint density at radius 3 is 2.59 bits per heavy atom. The zero-order chi connectivity index (χ0) is 19.0. The molecule has 0 saturated heterocycles. The first-order valence-electron chi connectivity index (χ1n) is 9.61. The molecule has 0 radical (unpaired) electrons. The SMILES string of the molecule is CCC1(CC)CC(=O)c2cc(-c3nc(-c4cccc(C)c4)no3)ccc2C1. The second-order valence-corrected chi connectivity index (χ2v) is 7.65. The number of nitrogens with zero attached hydrogens (tertiary/aromatic N) is 2. The van der Waals surface area contributed by atoms with Gasteiger partial charge in [-0.3, -0.25) is 4.79 Å². The Bertz CT molecular complexity index is 999. The molecule has 0 bridgehead atoms. The van der Waals surface area contributed by atoms with Gasteiger partial charge in [-0.05, 0) is 55.4 Å². The fraction of sp³-hybridized carbons (Fsp3) is 0.348. The van der Waals surface area contributed by atoms with Gasteiger partial charge in [0.2, 0.25) is 5.82 Å². The normalized spacial score (nSPS) is 15.6. The van der Waals surface area contributed by atoms with E-state index in [1.165, 1.54) is 0 Å². The van der Waals surface area contributed by atoms with E-state index in [1.807, 2.05) is 43.3 Å².